The van der Waals surface area contributed by atoms with Crippen molar-refractivity contribution < 1.29 is 22.8 Å². The van der Waals surface area contributed by atoms with E-state index < -0.39 is 17.6 Å². The number of benzene rings is 1. The zero-order valence-electron chi connectivity index (χ0n) is 16.1. The number of hydrogen-bond acceptors (Lipinski definition) is 4. The van der Waals surface area contributed by atoms with E-state index in [0.717, 1.165) is 6.07 Å². The molecule has 2 heterocycles. The van der Waals surface area contributed by atoms with Gasteiger partial charge in [-0.1, -0.05) is 6.07 Å². The minimum absolute atomic E-state index is 0.151. The molecule has 2 N–H and O–H groups in total. The molecule has 3 aromatic rings. The summed E-state index contributed by atoms with van der Waals surface area (Å²) in [5.41, 5.74) is 0.570. The van der Waals surface area contributed by atoms with Crippen molar-refractivity contribution >= 4 is 17.5 Å². The lowest BCUT2D eigenvalue weighted by molar-refractivity contribution is -0.137. The largest absolute Gasteiger partial charge is 0.417 e. The van der Waals surface area contributed by atoms with Crippen molar-refractivity contribution in [3.8, 4) is 5.82 Å². The third kappa shape index (κ3) is 4.48. The summed E-state index contributed by atoms with van der Waals surface area (Å²) >= 11 is 0. The minimum atomic E-state index is -4.49. The smallest absolute Gasteiger partial charge is 0.352 e. The lowest BCUT2D eigenvalue weighted by Crippen LogP contribution is -2.22. The first-order valence-electron chi connectivity index (χ1n) is 8.98. The quantitative estimate of drug-likeness (QED) is 0.664. The summed E-state index contributed by atoms with van der Waals surface area (Å²) in [5, 5.41) is 9.42. The van der Waals surface area contributed by atoms with Crippen LogP contribution in [0.15, 0.2) is 48.8 Å². The van der Waals surface area contributed by atoms with Crippen LogP contribution in [-0.2, 0) is 6.18 Å². The van der Waals surface area contributed by atoms with Crippen molar-refractivity contribution in [1.29, 1.82) is 0 Å². The predicted molar refractivity (Wildman–Crippen MR) is 104 cm³/mol. The molecular weight excluding hydrogens is 399 g/mol. The van der Waals surface area contributed by atoms with Crippen LogP contribution >= 0.6 is 0 Å². The lowest BCUT2D eigenvalue weighted by Gasteiger charge is -2.09. The molecule has 2 amide bonds. The van der Waals surface area contributed by atoms with Crippen LogP contribution in [0.2, 0.25) is 0 Å². The Kier molecular flexibility index (Phi) is 5.86. The van der Waals surface area contributed by atoms with Crippen LogP contribution in [0, 0.1) is 6.92 Å². The molecule has 0 saturated carbocycles. The number of aromatic nitrogens is 3. The normalized spacial score (nSPS) is 11.2. The molecule has 0 aliphatic rings. The number of anilines is 1. The summed E-state index contributed by atoms with van der Waals surface area (Å²) in [7, 11) is 0. The van der Waals surface area contributed by atoms with E-state index in [0.29, 0.717) is 29.7 Å². The minimum Gasteiger partial charge on any atom is -0.352 e. The molecule has 30 heavy (non-hydrogen) atoms. The molecule has 0 aliphatic heterocycles. The van der Waals surface area contributed by atoms with Crippen LogP contribution in [0.5, 0.6) is 0 Å². The number of amides is 2. The molecule has 1 aromatic carbocycles. The summed E-state index contributed by atoms with van der Waals surface area (Å²) in [4.78, 5) is 28.4. The van der Waals surface area contributed by atoms with Crippen LogP contribution in [0.4, 0.5) is 18.9 Å². The van der Waals surface area contributed by atoms with E-state index in [2.05, 4.69) is 20.7 Å². The van der Waals surface area contributed by atoms with Crippen molar-refractivity contribution in [3.63, 3.8) is 0 Å². The van der Waals surface area contributed by atoms with Crippen molar-refractivity contribution in [2.24, 2.45) is 0 Å². The molecule has 156 valence electrons. The second-order valence-corrected chi connectivity index (χ2v) is 6.35. The number of carbonyl (C=O) groups excluding carboxylic acids is 2. The van der Waals surface area contributed by atoms with Crippen molar-refractivity contribution in [2.45, 2.75) is 20.0 Å². The van der Waals surface area contributed by atoms with Gasteiger partial charge >= 0.3 is 6.18 Å². The maximum atomic E-state index is 12.7. The third-order valence-electron chi connectivity index (χ3n) is 4.27. The number of pyridine rings is 1. The fourth-order valence-electron chi connectivity index (χ4n) is 2.74. The maximum Gasteiger partial charge on any atom is 0.417 e. The molecule has 0 unspecified atom stereocenters. The van der Waals surface area contributed by atoms with Crippen LogP contribution in [0.1, 0.15) is 38.9 Å². The van der Waals surface area contributed by atoms with E-state index in [1.807, 2.05) is 0 Å². The highest BCUT2D eigenvalue weighted by Crippen LogP contribution is 2.28. The highest BCUT2D eigenvalue weighted by molar-refractivity contribution is 6.05. The Morgan fingerprint density at radius 3 is 2.50 bits per heavy atom. The van der Waals surface area contributed by atoms with Crippen molar-refractivity contribution in [1.82, 2.24) is 20.1 Å². The number of alkyl halides is 3. The second-order valence-electron chi connectivity index (χ2n) is 6.35. The Labute approximate surface area is 169 Å². The monoisotopic (exact) mass is 417 g/mol. The number of nitrogens with zero attached hydrogens (tertiary/aromatic N) is 3. The molecule has 0 spiro atoms. The van der Waals surface area contributed by atoms with Crippen molar-refractivity contribution in [3.05, 3.63) is 71.2 Å². The highest BCUT2D eigenvalue weighted by atomic mass is 19.4. The molecule has 3 rings (SSSR count). The van der Waals surface area contributed by atoms with E-state index >= 15 is 0 Å². The topological polar surface area (TPSA) is 88.9 Å². The molecule has 0 fully saturated rings. The molecule has 0 aliphatic carbocycles. The van der Waals surface area contributed by atoms with Gasteiger partial charge in [0.2, 0.25) is 0 Å². The molecule has 0 radical (unpaired) electrons. The average Bonchev–Trinajstić information content (AvgIpc) is 3.09. The lowest BCUT2D eigenvalue weighted by atomic mass is 10.1. The van der Waals surface area contributed by atoms with Crippen LogP contribution in [-0.4, -0.2) is 33.1 Å². The van der Waals surface area contributed by atoms with Gasteiger partial charge in [0.05, 0.1) is 23.0 Å². The SMILES string of the molecule is CCNC(=O)c1cccc(NC(=O)c2cnn(-c3ccc(C(F)(F)F)cn3)c2C)c1. The molecule has 10 heteroatoms. The van der Waals surface area contributed by atoms with E-state index in [1.165, 1.54) is 16.9 Å². The number of halogens is 3. The van der Waals surface area contributed by atoms with Gasteiger partial charge in [-0.15, -0.1) is 0 Å². The van der Waals surface area contributed by atoms with Gasteiger partial charge in [-0.2, -0.15) is 18.3 Å². The van der Waals surface area contributed by atoms with Gasteiger partial charge in [-0.05, 0) is 44.2 Å². The highest BCUT2D eigenvalue weighted by Gasteiger charge is 2.30. The molecule has 7 nitrogen and oxygen atoms in total. The summed E-state index contributed by atoms with van der Waals surface area (Å²) in [6.07, 6.45) is -2.47. The molecular formula is C20H18F3N5O2. The average molecular weight is 417 g/mol. The Hall–Kier alpha value is -3.69. The predicted octanol–water partition coefficient (Wildman–Crippen LogP) is 3.60. The van der Waals surface area contributed by atoms with Crippen LogP contribution in [0.25, 0.3) is 5.82 Å². The van der Waals surface area contributed by atoms with E-state index in [-0.39, 0.29) is 17.3 Å². The van der Waals surface area contributed by atoms with Crippen LogP contribution < -0.4 is 10.6 Å². The second kappa shape index (κ2) is 8.36. The Bertz CT molecular complexity index is 1070. The van der Waals surface area contributed by atoms with Crippen LogP contribution in [0.3, 0.4) is 0 Å². The zero-order valence-corrected chi connectivity index (χ0v) is 16.1. The van der Waals surface area contributed by atoms with Crippen molar-refractivity contribution in [2.75, 3.05) is 11.9 Å². The first-order chi connectivity index (χ1) is 14.2. The Balaban J connectivity index is 1.80. The molecule has 0 bridgehead atoms. The number of hydrogen-bond donors (Lipinski definition) is 2. The van der Waals surface area contributed by atoms with Gasteiger partial charge in [0.15, 0.2) is 5.82 Å². The maximum absolute atomic E-state index is 12.7. The Morgan fingerprint density at radius 2 is 1.87 bits per heavy atom. The van der Waals surface area contributed by atoms with Gasteiger partial charge in [-0.25, -0.2) is 9.67 Å². The van der Waals surface area contributed by atoms with Gasteiger partial charge < -0.3 is 10.6 Å². The number of nitrogens with one attached hydrogen (secondary N) is 2. The fourth-order valence-corrected chi connectivity index (χ4v) is 2.74. The van der Waals surface area contributed by atoms with E-state index in [1.54, 1.807) is 38.1 Å². The van der Waals surface area contributed by atoms with E-state index in [9.17, 15) is 22.8 Å². The van der Waals surface area contributed by atoms with Gasteiger partial charge in [0.1, 0.15) is 0 Å². The summed E-state index contributed by atoms with van der Waals surface area (Å²) < 4.78 is 39.4. The number of rotatable bonds is 5. The summed E-state index contributed by atoms with van der Waals surface area (Å²) in [5.74, 6) is -0.581. The molecule has 0 atom stereocenters. The Morgan fingerprint density at radius 1 is 1.10 bits per heavy atom. The first kappa shape index (κ1) is 21.0. The molecule has 0 saturated heterocycles. The standard InChI is InChI=1S/C20H18F3N5O2/c1-3-24-18(29)13-5-4-6-15(9-13)27-19(30)16-11-26-28(12(16)2)17-8-7-14(10-25-17)20(21,22)23/h4-11H,3H2,1-2H3,(H,24,29)(H,27,30). The summed E-state index contributed by atoms with van der Waals surface area (Å²) in [6.45, 7) is 3.88. The summed E-state index contributed by atoms with van der Waals surface area (Å²) in [6, 6.07) is 8.52. The molecule has 2 aromatic heterocycles. The fraction of sp³-hybridized carbons (Fsp3) is 0.200. The zero-order chi connectivity index (χ0) is 21.9. The van der Waals surface area contributed by atoms with Gasteiger partial charge in [-0.3, -0.25) is 9.59 Å². The van der Waals surface area contributed by atoms with E-state index in [4.69, 9.17) is 0 Å². The van der Waals surface area contributed by atoms with Gasteiger partial charge in [0, 0.05) is 24.0 Å². The third-order valence-corrected chi connectivity index (χ3v) is 4.27. The number of carbonyl (C=O) groups is 2. The van der Waals surface area contributed by atoms with Gasteiger partial charge in [0.25, 0.3) is 11.8 Å². The first-order valence-corrected chi connectivity index (χ1v) is 8.98.